The van der Waals surface area contributed by atoms with Gasteiger partial charge in [0.05, 0.1) is 7.11 Å². The summed E-state index contributed by atoms with van der Waals surface area (Å²) in [6.07, 6.45) is 0. The quantitative estimate of drug-likeness (QED) is 0.802. The fourth-order valence-corrected chi connectivity index (χ4v) is 1.17. The first-order valence-electron chi connectivity index (χ1n) is 4.93. The zero-order valence-corrected chi connectivity index (χ0v) is 9.29. The summed E-state index contributed by atoms with van der Waals surface area (Å²) >= 11 is 0. The number of benzene rings is 1. The highest BCUT2D eigenvalue weighted by Crippen LogP contribution is 2.17. The molecule has 0 bridgehead atoms. The van der Waals surface area contributed by atoms with Gasteiger partial charge in [0, 0.05) is 18.2 Å². The predicted molar refractivity (Wildman–Crippen MR) is 58.9 cm³/mol. The SMILES string of the molecule is COc1ccc(C(=O)NC(C)CN)cc1F. The van der Waals surface area contributed by atoms with Crippen molar-refractivity contribution < 1.29 is 13.9 Å². The summed E-state index contributed by atoms with van der Waals surface area (Å²) in [5.74, 6) is -0.793. The highest BCUT2D eigenvalue weighted by atomic mass is 19.1. The van der Waals surface area contributed by atoms with Crippen molar-refractivity contribution in [2.24, 2.45) is 5.73 Å². The third-order valence-electron chi connectivity index (χ3n) is 2.15. The Kier molecular flexibility index (Phi) is 4.25. The number of halogens is 1. The number of methoxy groups -OCH3 is 1. The van der Waals surface area contributed by atoms with Crippen LogP contribution >= 0.6 is 0 Å². The van der Waals surface area contributed by atoms with E-state index in [1.807, 2.05) is 0 Å². The van der Waals surface area contributed by atoms with Gasteiger partial charge in [0.1, 0.15) is 0 Å². The van der Waals surface area contributed by atoms with Crippen molar-refractivity contribution in [1.82, 2.24) is 5.32 Å². The molecule has 0 aliphatic rings. The van der Waals surface area contributed by atoms with E-state index in [0.717, 1.165) is 6.07 Å². The minimum absolute atomic E-state index is 0.114. The molecule has 5 heteroatoms. The molecule has 0 fully saturated rings. The van der Waals surface area contributed by atoms with E-state index in [1.165, 1.54) is 19.2 Å². The Morgan fingerprint density at radius 3 is 2.81 bits per heavy atom. The number of nitrogens with one attached hydrogen (secondary N) is 1. The average molecular weight is 226 g/mol. The van der Waals surface area contributed by atoms with Crippen molar-refractivity contribution in [3.63, 3.8) is 0 Å². The highest BCUT2D eigenvalue weighted by Gasteiger charge is 2.11. The third kappa shape index (κ3) is 2.93. The third-order valence-corrected chi connectivity index (χ3v) is 2.15. The molecule has 0 heterocycles. The summed E-state index contributed by atoms with van der Waals surface area (Å²) in [7, 11) is 1.37. The van der Waals surface area contributed by atoms with Crippen LogP contribution in [0, 0.1) is 5.82 Å². The molecule has 1 aromatic rings. The van der Waals surface area contributed by atoms with Crippen LogP contribution in [0.25, 0.3) is 0 Å². The van der Waals surface area contributed by atoms with E-state index in [-0.39, 0.29) is 23.3 Å². The van der Waals surface area contributed by atoms with Crippen LogP contribution in [0.5, 0.6) is 5.75 Å². The van der Waals surface area contributed by atoms with Gasteiger partial charge in [0.2, 0.25) is 0 Å². The maximum atomic E-state index is 13.3. The fraction of sp³-hybridized carbons (Fsp3) is 0.364. The van der Waals surface area contributed by atoms with Gasteiger partial charge in [-0.25, -0.2) is 4.39 Å². The molecule has 0 radical (unpaired) electrons. The lowest BCUT2D eigenvalue weighted by atomic mass is 10.2. The molecule has 4 nitrogen and oxygen atoms in total. The van der Waals surface area contributed by atoms with Gasteiger partial charge >= 0.3 is 0 Å². The molecule has 0 spiro atoms. The molecular weight excluding hydrogens is 211 g/mol. The van der Waals surface area contributed by atoms with Crippen LogP contribution in [0.4, 0.5) is 4.39 Å². The van der Waals surface area contributed by atoms with Crippen molar-refractivity contribution in [3.05, 3.63) is 29.6 Å². The number of amides is 1. The number of carbonyl (C=O) groups is 1. The molecule has 88 valence electrons. The lowest BCUT2D eigenvalue weighted by Crippen LogP contribution is -2.37. The zero-order valence-electron chi connectivity index (χ0n) is 9.29. The number of ether oxygens (including phenoxy) is 1. The molecule has 1 rings (SSSR count). The van der Waals surface area contributed by atoms with Crippen molar-refractivity contribution in [1.29, 1.82) is 0 Å². The smallest absolute Gasteiger partial charge is 0.251 e. The Bertz CT molecular complexity index is 382. The van der Waals surface area contributed by atoms with E-state index in [4.69, 9.17) is 10.5 Å². The maximum Gasteiger partial charge on any atom is 0.251 e. The summed E-state index contributed by atoms with van der Waals surface area (Å²) in [5, 5.41) is 2.64. The Labute approximate surface area is 93.6 Å². The molecule has 0 saturated heterocycles. The number of nitrogens with two attached hydrogens (primary N) is 1. The Morgan fingerprint density at radius 2 is 2.31 bits per heavy atom. The number of hydrogen-bond donors (Lipinski definition) is 2. The summed E-state index contributed by atoms with van der Waals surface area (Å²) in [6.45, 7) is 2.11. The van der Waals surface area contributed by atoms with Gasteiger partial charge in [-0.05, 0) is 25.1 Å². The van der Waals surface area contributed by atoms with Crippen molar-refractivity contribution >= 4 is 5.91 Å². The van der Waals surface area contributed by atoms with Crippen LogP contribution in [-0.2, 0) is 0 Å². The maximum absolute atomic E-state index is 13.3. The van der Waals surface area contributed by atoms with Gasteiger partial charge < -0.3 is 15.8 Å². The molecule has 3 N–H and O–H groups in total. The predicted octanol–water partition coefficient (Wildman–Crippen LogP) is 0.911. The minimum atomic E-state index is -0.560. The Balaban J connectivity index is 2.81. The van der Waals surface area contributed by atoms with Crippen molar-refractivity contribution in [2.75, 3.05) is 13.7 Å². The Hall–Kier alpha value is -1.62. The average Bonchev–Trinajstić information content (AvgIpc) is 2.28. The first-order chi connectivity index (χ1) is 7.58. The molecular formula is C11H15FN2O2. The second kappa shape index (κ2) is 5.46. The summed E-state index contributed by atoms with van der Waals surface area (Å²) in [4.78, 5) is 11.6. The molecule has 16 heavy (non-hydrogen) atoms. The second-order valence-electron chi connectivity index (χ2n) is 3.46. The van der Waals surface area contributed by atoms with Crippen molar-refractivity contribution in [2.45, 2.75) is 13.0 Å². The number of rotatable bonds is 4. The molecule has 0 saturated carbocycles. The first kappa shape index (κ1) is 12.4. The Morgan fingerprint density at radius 1 is 1.62 bits per heavy atom. The molecule has 1 aromatic carbocycles. The number of hydrogen-bond acceptors (Lipinski definition) is 3. The standard InChI is InChI=1S/C11H15FN2O2/c1-7(6-13)14-11(15)8-3-4-10(16-2)9(12)5-8/h3-5,7H,6,13H2,1-2H3,(H,14,15). The highest BCUT2D eigenvalue weighted by molar-refractivity contribution is 5.94. The molecule has 0 aliphatic heterocycles. The van der Waals surface area contributed by atoms with Gasteiger partial charge in [-0.3, -0.25) is 4.79 Å². The topological polar surface area (TPSA) is 64.3 Å². The number of carbonyl (C=O) groups excluding carboxylic acids is 1. The van der Waals surface area contributed by atoms with Crippen LogP contribution < -0.4 is 15.8 Å². The van der Waals surface area contributed by atoms with E-state index < -0.39 is 5.82 Å². The summed E-state index contributed by atoms with van der Waals surface area (Å²) in [5.41, 5.74) is 5.61. The van der Waals surface area contributed by atoms with Crippen LogP contribution in [0.3, 0.4) is 0 Å². The molecule has 0 aromatic heterocycles. The first-order valence-corrected chi connectivity index (χ1v) is 4.93. The van der Waals surface area contributed by atoms with Crippen LogP contribution in [0.2, 0.25) is 0 Å². The molecule has 1 atom stereocenters. The van der Waals surface area contributed by atoms with Crippen LogP contribution in [-0.4, -0.2) is 25.6 Å². The second-order valence-corrected chi connectivity index (χ2v) is 3.46. The molecule has 0 aliphatic carbocycles. The fourth-order valence-electron chi connectivity index (χ4n) is 1.17. The minimum Gasteiger partial charge on any atom is -0.494 e. The van der Waals surface area contributed by atoms with Gasteiger partial charge in [0.25, 0.3) is 5.91 Å². The van der Waals surface area contributed by atoms with E-state index >= 15 is 0 Å². The largest absolute Gasteiger partial charge is 0.494 e. The van der Waals surface area contributed by atoms with E-state index in [2.05, 4.69) is 5.32 Å². The van der Waals surface area contributed by atoms with E-state index in [1.54, 1.807) is 6.92 Å². The van der Waals surface area contributed by atoms with Gasteiger partial charge in [-0.1, -0.05) is 0 Å². The molecule has 1 amide bonds. The summed E-state index contributed by atoms with van der Waals surface area (Å²) < 4.78 is 18.1. The normalized spacial score (nSPS) is 12.0. The summed E-state index contributed by atoms with van der Waals surface area (Å²) in [6, 6.07) is 3.91. The van der Waals surface area contributed by atoms with Gasteiger partial charge in [-0.2, -0.15) is 0 Å². The van der Waals surface area contributed by atoms with Gasteiger partial charge in [0.15, 0.2) is 11.6 Å². The van der Waals surface area contributed by atoms with E-state index in [0.29, 0.717) is 6.54 Å². The lowest BCUT2D eigenvalue weighted by Gasteiger charge is -2.11. The van der Waals surface area contributed by atoms with E-state index in [9.17, 15) is 9.18 Å². The van der Waals surface area contributed by atoms with Crippen molar-refractivity contribution in [3.8, 4) is 5.75 Å². The van der Waals surface area contributed by atoms with Crippen LogP contribution in [0.15, 0.2) is 18.2 Å². The lowest BCUT2D eigenvalue weighted by molar-refractivity contribution is 0.0940. The zero-order chi connectivity index (χ0) is 12.1. The van der Waals surface area contributed by atoms with Crippen LogP contribution in [0.1, 0.15) is 17.3 Å². The molecule has 1 unspecified atom stereocenters. The van der Waals surface area contributed by atoms with Gasteiger partial charge in [-0.15, -0.1) is 0 Å². The monoisotopic (exact) mass is 226 g/mol.